The maximum atomic E-state index is 11.8. The zero-order valence-electron chi connectivity index (χ0n) is 11.1. The van der Waals surface area contributed by atoms with Gasteiger partial charge in [0.2, 0.25) is 0 Å². The van der Waals surface area contributed by atoms with Gasteiger partial charge in [-0.3, -0.25) is 9.59 Å². The lowest BCUT2D eigenvalue weighted by molar-refractivity contribution is -0.112. The molecule has 0 radical (unpaired) electrons. The van der Waals surface area contributed by atoms with Crippen LogP contribution in [0.4, 0.5) is 5.69 Å². The van der Waals surface area contributed by atoms with Gasteiger partial charge in [0.25, 0.3) is 11.7 Å². The van der Waals surface area contributed by atoms with Crippen molar-refractivity contribution in [3.05, 3.63) is 42.2 Å². The number of carbonyl (C=O) groups is 2. The fourth-order valence-electron chi connectivity index (χ4n) is 1.70. The predicted octanol–water partition coefficient (Wildman–Crippen LogP) is 1.85. The number of rotatable bonds is 5. The zero-order chi connectivity index (χ0) is 14.5. The molecule has 0 spiro atoms. The van der Waals surface area contributed by atoms with Gasteiger partial charge in [0.15, 0.2) is 11.5 Å². The Morgan fingerprint density at radius 2 is 1.85 bits per heavy atom. The average molecular weight is 274 g/mol. The van der Waals surface area contributed by atoms with Crippen molar-refractivity contribution in [2.75, 3.05) is 19.5 Å². The number of aromatic nitrogens is 1. The molecule has 20 heavy (non-hydrogen) atoms. The molecule has 104 valence electrons. The van der Waals surface area contributed by atoms with Gasteiger partial charge in [-0.25, -0.2) is 0 Å². The van der Waals surface area contributed by atoms with Gasteiger partial charge in [0.05, 0.1) is 19.9 Å². The van der Waals surface area contributed by atoms with E-state index in [1.54, 1.807) is 30.5 Å². The average Bonchev–Trinajstić information content (AvgIpc) is 3.00. The van der Waals surface area contributed by atoms with Crippen LogP contribution in [-0.4, -0.2) is 30.9 Å². The summed E-state index contributed by atoms with van der Waals surface area (Å²) < 4.78 is 10.2. The monoisotopic (exact) mass is 274 g/mol. The summed E-state index contributed by atoms with van der Waals surface area (Å²) in [6, 6.07) is 8.04. The van der Waals surface area contributed by atoms with Crippen LogP contribution in [0, 0.1) is 0 Å². The lowest BCUT2D eigenvalue weighted by Crippen LogP contribution is -2.23. The fraction of sp³-hybridized carbons (Fsp3) is 0.143. The molecular formula is C14H14N2O4. The number of anilines is 1. The van der Waals surface area contributed by atoms with Crippen LogP contribution in [0.25, 0.3) is 0 Å². The van der Waals surface area contributed by atoms with Crippen LogP contribution in [0.5, 0.6) is 11.5 Å². The van der Waals surface area contributed by atoms with E-state index in [2.05, 4.69) is 10.3 Å². The number of hydrogen-bond acceptors (Lipinski definition) is 4. The smallest absolute Gasteiger partial charge is 0.298 e. The molecule has 1 aromatic carbocycles. The quantitative estimate of drug-likeness (QED) is 0.644. The Morgan fingerprint density at radius 1 is 1.10 bits per heavy atom. The van der Waals surface area contributed by atoms with Crippen molar-refractivity contribution >= 4 is 17.4 Å². The number of benzene rings is 1. The van der Waals surface area contributed by atoms with Gasteiger partial charge >= 0.3 is 0 Å². The minimum absolute atomic E-state index is 0.239. The Labute approximate surface area is 115 Å². The van der Waals surface area contributed by atoms with Crippen LogP contribution in [-0.2, 0) is 4.79 Å². The Balaban J connectivity index is 2.14. The number of nitrogens with one attached hydrogen (secondary N) is 2. The molecule has 6 nitrogen and oxygen atoms in total. The van der Waals surface area contributed by atoms with Crippen LogP contribution >= 0.6 is 0 Å². The SMILES string of the molecule is COc1ccc(NC(=O)C(=O)c2ccc[nH]2)cc1OC. The molecule has 0 atom stereocenters. The number of ether oxygens (including phenoxy) is 2. The summed E-state index contributed by atoms with van der Waals surface area (Å²) >= 11 is 0. The fourth-order valence-corrected chi connectivity index (χ4v) is 1.70. The van der Waals surface area contributed by atoms with E-state index >= 15 is 0 Å². The third kappa shape index (κ3) is 2.80. The first-order valence-electron chi connectivity index (χ1n) is 5.87. The molecular weight excluding hydrogens is 260 g/mol. The molecule has 2 N–H and O–H groups in total. The van der Waals surface area contributed by atoms with Crippen molar-refractivity contribution in [2.24, 2.45) is 0 Å². The Kier molecular flexibility index (Phi) is 4.05. The topological polar surface area (TPSA) is 80.4 Å². The van der Waals surface area contributed by atoms with Gasteiger partial charge in [-0.2, -0.15) is 0 Å². The number of aromatic amines is 1. The molecule has 1 heterocycles. The van der Waals surface area contributed by atoms with E-state index in [0.29, 0.717) is 17.2 Å². The van der Waals surface area contributed by atoms with E-state index in [4.69, 9.17) is 9.47 Å². The van der Waals surface area contributed by atoms with Crippen LogP contribution in [0.3, 0.4) is 0 Å². The summed E-state index contributed by atoms with van der Waals surface area (Å²) in [6.45, 7) is 0. The highest BCUT2D eigenvalue weighted by molar-refractivity contribution is 6.46. The highest BCUT2D eigenvalue weighted by atomic mass is 16.5. The first-order valence-corrected chi connectivity index (χ1v) is 5.87. The minimum Gasteiger partial charge on any atom is -0.493 e. The molecule has 0 unspecified atom stereocenters. The summed E-state index contributed by atoms with van der Waals surface area (Å²) in [4.78, 5) is 26.3. The molecule has 0 fully saturated rings. The number of methoxy groups -OCH3 is 2. The molecule has 1 aromatic heterocycles. The van der Waals surface area contributed by atoms with Crippen LogP contribution in [0.2, 0.25) is 0 Å². The molecule has 2 aromatic rings. The highest BCUT2D eigenvalue weighted by Crippen LogP contribution is 2.29. The zero-order valence-corrected chi connectivity index (χ0v) is 11.1. The Bertz CT molecular complexity index is 620. The van der Waals surface area contributed by atoms with E-state index in [1.807, 2.05) is 0 Å². The van der Waals surface area contributed by atoms with Gasteiger partial charge in [-0.15, -0.1) is 0 Å². The summed E-state index contributed by atoms with van der Waals surface area (Å²) in [6.07, 6.45) is 1.58. The number of carbonyl (C=O) groups excluding carboxylic acids is 2. The predicted molar refractivity (Wildman–Crippen MR) is 73.3 cm³/mol. The van der Waals surface area contributed by atoms with Gasteiger partial charge in [0.1, 0.15) is 0 Å². The normalized spacial score (nSPS) is 9.90. The minimum atomic E-state index is -0.723. The van der Waals surface area contributed by atoms with E-state index in [0.717, 1.165) is 0 Å². The van der Waals surface area contributed by atoms with Gasteiger partial charge in [0, 0.05) is 18.0 Å². The third-order valence-corrected chi connectivity index (χ3v) is 2.69. The van der Waals surface area contributed by atoms with Crippen LogP contribution in [0.15, 0.2) is 36.5 Å². The lowest BCUT2D eigenvalue weighted by atomic mass is 10.2. The third-order valence-electron chi connectivity index (χ3n) is 2.69. The number of Topliss-reactive ketones (excluding diaryl/α,β-unsaturated/α-hetero) is 1. The molecule has 1 amide bonds. The number of amides is 1. The van der Waals surface area contributed by atoms with Gasteiger partial charge < -0.3 is 19.8 Å². The van der Waals surface area contributed by atoms with Crippen molar-refractivity contribution in [3.63, 3.8) is 0 Å². The van der Waals surface area contributed by atoms with E-state index < -0.39 is 11.7 Å². The maximum absolute atomic E-state index is 11.8. The maximum Gasteiger partial charge on any atom is 0.298 e. The summed E-state index contributed by atoms with van der Waals surface area (Å²) in [5.41, 5.74) is 0.690. The van der Waals surface area contributed by atoms with E-state index in [1.165, 1.54) is 20.3 Å². The lowest BCUT2D eigenvalue weighted by Gasteiger charge is -2.10. The molecule has 0 aliphatic carbocycles. The first-order chi connectivity index (χ1) is 9.65. The molecule has 0 saturated carbocycles. The van der Waals surface area contributed by atoms with Crippen LogP contribution in [0.1, 0.15) is 10.5 Å². The molecule has 6 heteroatoms. The number of H-pyrrole nitrogens is 1. The van der Waals surface area contributed by atoms with Crippen molar-refractivity contribution in [1.82, 2.24) is 4.98 Å². The van der Waals surface area contributed by atoms with Crippen molar-refractivity contribution in [3.8, 4) is 11.5 Å². The second-order valence-corrected chi connectivity index (χ2v) is 3.94. The standard InChI is InChI=1S/C14H14N2O4/c1-19-11-6-5-9(8-12(11)20-2)16-14(18)13(17)10-4-3-7-15-10/h3-8,15H,1-2H3,(H,16,18). The second-order valence-electron chi connectivity index (χ2n) is 3.94. The van der Waals surface area contributed by atoms with Crippen molar-refractivity contribution in [2.45, 2.75) is 0 Å². The van der Waals surface area contributed by atoms with Crippen molar-refractivity contribution < 1.29 is 19.1 Å². The van der Waals surface area contributed by atoms with E-state index in [-0.39, 0.29) is 5.69 Å². The molecule has 0 aliphatic heterocycles. The summed E-state index contributed by atoms with van der Waals surface area (Å²) in [5.74, 6) is -0.344. The first kappa shape index (κ1) is 13.7. The summed E-state index contributed by atoms with van der Waals surface area (Å²) in [7, 11) is 3.01. The second kappa shape index (κ2) is 5.92. The highest BCUT2D eigenvalue weighted by Gasteiger charge is 2.17. The number of hydrogen-bond donors (Lipinski definition) is 2. The molecule has 0 bridgehead atoms. The van der Waals surface area contributed by atoms with E-state index in [9.17, 15) is 9.59 Å². The molecule has 0 aliphatic rings. The van der Waals surface area contributed by atoms with Crippen molar-refractivity contribution in [1.29, 1.82) is 0 Å². The van der Waals surface area contributed by atoms with Gasteiger partial charge in [-0.1, -0.05) is 0 Å². The summed E-state index contributed by atoms with van der Waals surface area (Å²) in [5, 5.41) is 2.51. The molecule has 0 saturated heterocycles. The largest absolute Gasteiger partial charge is 0.493 e. The Morgan fingerprint density at radius 3 is 2.45 bits per heavy atom. The number of ketones is 1. The van der Waals surface area contributed by atoms with Crippen LogP contribution < -0.4 is 14.8 Å². The Hall–Kier alpha value is -2.76. The molecule has 2 rings (SSSR count). The van der Waals surface area contributed by atoms with Gasteiger partial charge in [-0.05, 0) is 24.3 Å².